The van der Waals surface area contributed by atoms with Crippen molar-refractivity contribution < 1.29 is 4.79 Å². The fourth-order valence-corrected chi connectivity index (χ4v) is 2.96. The maximum Gasteiger partial charge on any atom is 0.225 e. The van der Waals surface area contributed by atoms with Crippen molar-refractivity contribution in [3.8, 4) is 0 Å². The van der Waals surface area contributed by atoms with Crippen molar-refractivity contribution in [3.63, 3.8) is 0 Å². The Balaban J connectivity index is 2.57. The Labute approximate surface area is 106 Å². The Morgan fingerprint density at radius 2 is 1.88 bits per heavy atom. The third-order valence-corrected chi connectivity index (χ3v) is 3.42. The highest BCUT2D eigenvalue weighted by molar-refractivity contribution is 5.78. The summed E-state index contributed by atoms with van der Waals surface area (Å²) in [6.07, 6.45) is 2.92. The van der Waals surface area contributed by atoms with Crippen LogP contribution >= 0.6 is 0 Å². The van der Waals surface area contributed by atoms with Crippen LogP contribution in [0.1, 0.15) is 47.0 Å². The molecule has 3 unspecified atom stereocenters. The van der Waals surface area contributed by atoms with Gasteiger partial charge in [-0.1, -0.05) is 27.7 Å². The first-order valence-corrected chi connectivity index (χ1v) is 6.69. The normalized spacial score (nSPS) is 30.1. The summed E-state index contributed by atoms with van der Waals surface area (Å²) < 4.78 is 0. The number of rotatable bonds is 2. The van der Waals surface area contributed by atoms with E-state index in [1.807, 2.05) is 11.9 Å². The van der Waals surface area contributed by atoms with Gasteiger partial charge in [-0.05, 0) is 30.6 Å². The van der Waals surface area contributed by atoms with Crippen LogP contribution in [0.25, 0.3) is 0 Å². The topological polar surface area (TPSA) is 46.3 Å². The second kappa shape index (κ2) is 5.38. The van der Waals surface area contributed by atoms with Gasteiger partial charge in [-0.2, -0.15) is 0 Å². The summed E-state index contributed by atoms with van der Waals surface area (Å²) >= 11 is 0. The smallest absolute Gasteiger partial charge is 0.225 e. The molecule has 1 amide bonds. The van der Waals surface area contributed by atoms with Gasteiger partial charge in [-0.3, -0.25) is 4.79 Å². The van der Waals surface area contributed by atoms with E-state index in [1.165, 1.54) is 0 Å². The lowest BCUT2D eigenvalue weighted by Gasteiger charge is -2.35. The van der Waals surface area contributed by atoms with Crippen molar-refractivity contribution in [2.45, 2.75) is 53.0 Å². The monoisotopic (exact) mass is 240 g/mol. The molecular formula is C14H28N2O. The summed E-state index contributed by atoms with van der Waals surface area (Å²) in [7, 11) is 1.92. The summed E-state index contributed by atoms with van der Waals surface area (Å²) in [5, 5.41) is 0. The van der Waals surface area contributed by atoms with Gasteiger partial charge in [0.15, 0.2) is 0 Å². The quantitative estimate of drug-likeness (QED) is 0.804. The zero-order valence-corrected chi connectivity index (χ0v) is 12.0. The third-order valence-electron chi connectivity index (χ3n) is 3.42. The summed E-state index contributed by atoms with van der Waals surface area (Å²) in [6.45, 7) is 9.49. The molecule has 0 bridgehead atoms. The molecule has 1 aliphatic rings. The fraction of sp³-hybridized carbons (Fsp3) is 0.929. The van der Waals surface area contributed by atoms with Gasteiger partial charge in [0.1, 0.15) is 0 Å². The molecule has 3 nitrogen and oxygen atoms in total. The molecular weight excluding hydrogens is 212 g/mol. The SMILES string of the molecule is CC1CC(N)CC(C(=O)N(C)CC(C)(C)C)C1. The first-order valence-electron chi connectivity index (χ1n) is 6.69. The second-order valence-corrected chi connectivity index (χ2v) is 7.02. The Kier molecular flexibility index (Phi) is 4.59. The highest BCUT2D eigenvalue weighted by Gasteiger charge is 2.31. The van der Waals surface area contributed by atoms with E-state index in [4.69, 9.17) is 5.73 Å². The number of nitrogens with two attached hydrogens (primary N) is 1. The third kappa shape index (κ3) is 4.66. The maximum absolute atomic E-state index is 12.3. The molecule has 17 heavy (non-hydrogen) atoms. The molecule has 1 rings (SSSR count). The Bertz CT molecular complexity index is 260. The molecule has 0 spiro atoms. The number of hydrogen-bond acceptors (Lipinski definition) is 2. The van der Waals surface area contributed by atoms with Crippen molar-refractivity contribution in [2.24, 2.45) is 23.0 Å². The minimum absolute atomic E-state index is 0.140. The van der Waals surface area contributed by atoms with Crippen molar-refractivity contribution >= 4 is 5.91 Å². The van der Waals surface area contributed by atoms with E-state index in [0.717, 1.165) is 25.8 Å². The van der Waals surface area contributed by atoms with E-state index in [-0.39, 0.29) is 23.3 Å². The van der Waals surface area contributed by atoms with Gasteiger partial charge < -0.3 is 10.6 Å². The number of carbonyl (C=O) groups is 1. The first kappa shape index (κ1) is 14.5. The van der Waals surface area contributed by atoms with E-state index in [1.54, 1.807) is 0 Å². The van der Waals surface area contributed by atoms with E-state index < -0.39 is 0 Å². The lowest BCUT2D eigenvalue weighted by Crippen LogP contribution is -2.43. The molecule has 0 radical (unpaired) electrons. The molecule has 3 heteroatoms. The van der Waals surface area contributed by atoms with E-state index in [0.29, 0.717) is 5.92 Å². The molecule has 0 aromatic rings. The molecule has 3 atom stereocenters. The van der Waals surface area contributed by atoms with Crippen LogP contribution in [0.4, 0.5) is 0 Å². The lowest BCUT2D eigenvalue weighted by molar-refractivity contribution is -0.137. The van der Waals surface area contributed by atoms with Crippen LogP contribution in [0.2, 0.25) is 0 Å². The average Bonchev–Trinajstić information content (AvgIpc) is 2.12. The highest BCUT2D eigenvalue weighted by atomic mass is 16.2. The van der Waals surface area contributed by atoms with E-state index in [2.05, 4.69) is 27.7 Å². The number of amides is 1. The molecule has 0 aromatic heterocycles. The summed E-state index contributed by atoms with van der Waals surface area (Å²) in [6, 6.07) is 0.204. The first-order chi connectivity index (χ1) is 7.69. The largest absolute Gasteiger partial charge is 0.345 e. The minimum atomic E-state index is 0.140. The van der Waals surface area contributed by atoms with Crippen LogP contribution in [0, 0.1) is 17.3 Å². The van der Waals surface area contributed by atoms with E-state index >= 15 is 0 Å². The molecule has 1 saturated carbocycles. The number of nitrogens with zero attached hydrogens (tertiary/aromatic N) is 1. The standard InChI is InChI=1S/C14H28N2O/c1-10-6-11(8-12(15)7-10)13(17)16(5)9-14(2,3)4/h10-12H,6-9,15H2,1-5H3. The van der Waals surface area contributed by atoms with Gasteiger partial charge in [-0.15, -0.1) is 0 Å². The molecule has 1 aliphatic carbocycles. The maximum atomic E-state index is 12.3. The Morgan fingerprint density at radius 3 is 2.35 bits per heavy atom. The van der Waals surface area contributed by atoms with Crippen LogP contribution in [0.3, 0.4) is 0 Å². The van der Waals surface area contributed by atoms with Gasteiger partial charge in [0.25, 0.3) is 0 Å². The second-order valence-electron chi connectivity index (χ2n) is 7.02. The van der Waals surface area contributed by atoms with Crippen molar-refractivity contribution in [1.29, 1.82) is 0 Å². The summed E-state index contributed by atoms with van der Waals surface area (Å²) in [4.78, 5) is 14.2. The lowest BCUT2D eigenvalue weighted by atomic mass is 9.79. The predicted octanol–water partition coefficient (Wildman–Crippen LogP) is 2.25. The molecule has 2 N–H and O–H groups in total. The van der Waals surface area contributed by atoms with Gasteiger partial charge >= 0.3 is 0 Å². The number of carbonyl (C=O) groups excluding carboxylic acids is 1. The molecule has 1 fully saturated rings. The minimum Gasteiger partial charge on any atom is -0.345 e. The van der Waals surface area contributed by atoms with Gasteiger partial charge in [0.2, 0.25) is 5.91 Å². The molecule has 0 aromatic carbocycles. The molecule has 100 valence electrons. The summed E-state index contributed by atoms with van der Waals surface area (Å²) in [5.41, 5.74) is 6.17. The van der Waals surface area contributed by atoms with Crippen molar-refractivity contribution in [2.75, 3.05) is 13.6 Å². The van der Waals surface area contributed by atoms with Crippen LogP contribution < -0.4 is 5.73 Å². The summed E-state index contributed by atoms with van der Waals surface area (Å²) in [5.74, 6) is 0.999. The Hall–Kier alpha value is -0.570. The molecule has 0 aliphatic heterocycles. The van der Waals surface area contributed by atoms with Gasteiger partial charge in [0.05, 0.1) is 0 Å². The van der Waals surface area contributed by atoms with Crippen molar-refractivity contribution in [3.05, 3.63) is 0 Å². The highest BCUT2D eigenvalue weighted by Crippen LogP contribution is 2.29. The van der Waals surface area contributed by atoms with Gasteiger partial charge in [0, 0.05) is 25.6 Å². The molecule has 0 saturated heterocycles. The van der Waals surface area contributed by atoms with Crippen LogP contribution in [0.15, 0.2) is 0 Å². The average molecular weight is 240 g/mol. The predicted molar refractivity (Wildman–Crippen MR) is 71.6 cm³/mol. The van der Waals surface area contributed by atoms with Crippen LogP contribution in [0.5, 0.6) is 0 Å². The van der Waals surface area contributed by atoms with Crippen LogP contribution in [-0.2, 0) is 4.79 Å². The zero-order chi connectivity index (χ0) is 13.2. The Morgan fingerprint density at radius 1 is 1.29 bits per heavy atom. The number of hydrogen-bond donors (Lipinski definition) is 1. The van der Waals surface area contributed by atoms with Crippen molar-refractivity contribution in [1.82, 2.24) is 4.90 Å². The molecule has 0 heterocycles. The van der Waals surface area contributed by atoms with Crippen LogP contribution in [-0.4, -0.2) is 30.4 Å². The zero-order valence-electron chi connectivity index (χ0n) is 12.0. The fourth-order valence-electron chi connectivity index (χ4n) is 2.96. The van der Waals surface area contributed by atoms with Gasteiger partial charge in [-0.25, -0.2) is 0 Å². The van der Waals surface area contributed by atoms with E-state index in [9.17, 15) is 4.79 Å².